The summed E-state index contributed by atoms with van der Waals surface area (Å²) in [6.45, 7) is 11.2. The van der Waals surface area contributed by atoms with E-state index in [2.05, 4.69) is 32.7 Å². The molecule has 1 spiro atoms. The van der Waals surface area contributed by atoms with Crippen molar-refractivity contribution >= 4 is 0 Å². The van der Waals surface area contributed by atoms with E-state index in [4.69, 9.17) is 18.9 Å². The van der Waals surface area contributed by atoms with Gasteiger partial charge in [-0.25, -0.2) is 0 Å². The Hall–Kier alpha value is -0.200. The van der Waals surface area contributed by atoms with Gasteiger partial charge in [0.15, 0.2) is 12.1 Å². The monoisotopic (exact) mass is 369 g/mol. The van der Waals surface area contributed by atoms with Crippen molar-refractivity contribution in [3.63, 3.8) is 0 Å². The number of rotatable bonds is 8. The Morgan fingerprint density at radius 2 is 1.81 bits per heavy atom. The van der Waals surface area contributed by atoms with Crippen LogP contribution >= 0.6 is 0 Å². The number of nitrogens with zero attached hydrogens (tertiary/aromatic N) is 1. The van der Waals surface area contributed by atoms with Gasteiger partial charge in [-0.15, -0.1) is 0 Å². The third-order valence-corrected chi connectivity index (χ3v) is 6.64. The molecule has 2 aliphatic heterocycles. The summed E-state index contributed by atoms with van der Waals surface area (Å²) in [6.07, 6.45) is 8.34. The van der Waals surface area contributed by atoms with Crippen molar-refractivity contribution in [3.8, 4) is 0 Å². The Morgan fingerprint density at radius 1 is 1.12 bits per heavy atom. The molecular weight excluding hydrogens is 330 g/mol. The highest BCUT2D eigenvalue weighted by atomic mass is 16.7. The van der Waals surface area contributed by atoms with Crippen molar-refractivity contribution in [2.75, 3.05) is 40.0 Å². The topological polar surface area (TPSA) is 40.2 Å². The summed E-state index contributed by atoms with van der Waals surface area (Å²) in [6, 6.07) is 0. The molecule has 1 saturated carbocycles. The Morgan fingerprint density at radius 3 is 2.46 bits per heavy atom. The molecule has 26 heavy (non-hydrogen) atoms. The van der Waals surface area contributed by atoms with Crippen LogP contribution in [0.3, 0.4) is 0 Å². The van der Waals surface area contributed by atoms with Crippen LogP contribution in [0.5, 0.6) is 0 Å². The van der Waals surface area contributed by atoms with Crippen molar-refractivity contribution < 1.29 is 18.9 Å². The number of likely N-dealkylation sites (N-methyl/N-ethyl adjacent to an activating group) is 1. The molecule has 0 aromatic heterocycles. The first kappa shape index (κ1) is 20.5. The highest BCUT2D eigenvalue weighted by molar-refractivity contribution is 4.90. The van der Waals surface area contributed by atoms with Gasteiger partial charge in [-0.3, -0.25) is 0 Å². The predicted octanol–water partition coefficient (Wildman–Crippen LogP) is 3.81. The minimum atomic E-state index is -0.292. The second-order valence-electron chi connectivity index (χ2n) is 9.20. The molecule has 5 nitrogen and oxygen atoms in total. The third kappa shape index (κ3) is 5.20. The molecule has 0 bridgehead atoms. The largest absolute Gasteiger partial charge is 0.349 e. The standard InChI is InChI=1S/C21H39NO4/c1-5-9-20(2,3)17-6-10-21(11-7-17)25-16-18(26-21)8-12-22(4)15-19-23-13-14-24-19/h17-19H,5-16H2,1-4H3. The molecule has 0 N–H and O–H groups in total. The van der Waals surface area contributed by atoms with Crippen LogP contribution in [0, 0.1) is 11.3 Å². The van der Waals surface area contributed by atoms with Crippen LogP contribution in [0.15, 0.2) is 0 Å². The van der Waals surface area contributed by atoms with E-state index in [0.29, 0.717) is 5.41 Å². The third-order valence-electron chi connectivity index (χ3n) is 6.64. The van der Waals surface area contributed by atoms with Crippen LogP contribution < -0.4 is 0 Å². The van der Waals surface area contributed by atoms with E-state index < -0.39 is 0 Å². The molecule has 1 unspecified atom stereocenters. The van der Waals surface area contributed by atoms with Gasteiger partial charge >= 0.3 is 0 Å². The lowest BCUT2D eigenvalue weighted by molar-refractivity contribution is -0.197. The van der Waals surface area contributed by atoms with Crippen molar-refractivity contribution in [2.24, 2.45) is 11.3 Å². The van der Waals surface area contributed by atoms with E-state index in [1.165, 1.54) is 25.7 Å². The number of hydrogen-bond donors (Lipinski definition) is 0. The fraction of sp³-hybridized carbons (Fsp3) is 1.00. The molecule has 2 heterocycles. The lowest BCUT2D eigenvalue weighted by atomic mass is 9.68. The van der Waals surface area contributed by atoms with E-state index in [1.807, 2.05) is 0 Å². The minimum Gasteiger partial charge on any atom is -0.349 e. The van der Waals surface area contributed by atoms with Crippen LogP contribution in [0.4, 0.5) is 0 Å². The lowest BCUT2D eigenvalue weighted by Crippen LogP contribution is -2.39. The second kappa shape index (κ2) is 8.87. The summed E-state index contributed by atoms with van der Waals surface area (Å²) >= 11 is 0. The maximum atomic E-state index is 6.42. The molecule has 1 aliphatic carbocycles. The predicted molar refractivity (Wildman–Crippen MR) is 102 cm³/mol. The van der Waals surface area contributed by atoms with E-state index in [1.54, 1.807) is 0 Å². The maximum Gasteiger partial charge on any atom is 0.170 e. The highest BCUT2D eigenvalue weighted by Crippen LogP contribution is 2.47. The molecule has 3 rings (SSSR count). The minimum absolute atomic E-state index is 0.0613. The Balaban J connectivity index is 1.38. The summed E-state index contributed by atoms with van der Waals surface area (Å²) in [4.78, 5) is 2.27. The van der Waals surface area contributed by atoms with Crippen LogP contribution in [0.1, 0.15) is 65.7 Å². The highest BCUT2D eigenvalue weighted by Gasteiger charge is 2.46. The summed E-state index contributed by atoms with van der Waals surface area (Å²) in [5, 5.41) is 0. The molecule has 3 aliphatic rings. The smallest absolute Gasteiger partial charge is 0.170 e. The van der Waals surface area contributed by atoms with Gasteiger partial charge in [-0.2, -0.15) is 0 Å². The average molecular weight is 370 g/mol. The molecule has 0 amide bonds. The van der Waals surface area contributed by atoms with Gasteiger partial charge in [-0.1, -0.05) is 27.2 Å². The van der Waals surface area contributed by atoms with E-state index >= 15 is 0 Å². The molecule has 0 aromatic rings. The van der Waals surface area contributed by atoms with Crippen molar-refractivity contribution in [1.82, 2.24) is 4.90 Å². The summed E-state index contributed by atoms with van der Waals surface area (Å²) in [7, 11) is 2.12. The first-order chi connectivity index (χ1) is 12.4. The van der Waals surface area contributed by atoms with E-state index in [0.717, 1.165) is 58.1 Å². The second-order valence-corrected chi connectivity index (χ2v) is 9.20. The maximum absolute atomic E-state index is 6.42. The van der Waals surface area contributed by atoms with Crippen LogP contribution in [0.2, 0.25) is 0 Å². The normalized spacial score (nSPS) is 33.6. The summed E-state index contributed by atoms with van der Waals surface area (Å²) in [5.74, 6) is 0.511. The van der Waals surface area contributed by atoms with Gasteiger partial charge in [0.05, 0.1) is 25.9 Å². The zero-order chi connectivity index (χ0) is 18.6. The van der Waals surface area contributed by atoms with Gasteiger partial charge in [0.1, 0.15) is 0 Å². The molecule has 1 atom stereocenters. The van der Waals surface area contributed by atoms with Crippen LogP contribution in [-0.2, 0) is 18.9 Å². The molecular formula is C21H39NO4. The average Bonchev–Trinajstić information content (AvgIpc) is 3.24. The van der Waals surface area contributed by atoms with Gasteiger partial charge in [-0.05, 0) is 44.1 Å². The van der Waals surface area contributed by atoms with Crippen LogP contribution in [-0.4, -0.2) is 63.0 Å². The summed E-state index contributed by atoms with van der Waals surface area (Å²) < 4.78 is 23.7. The Kier molecular flexibility index (Phi) is 7.00. The summed E-state index contributed by atoms with van der Waals surface area (Å²) in [5.41, 5.74) is 0.446. The molecule has 0 radical (unpaired) electrons. The van der Waals surface area contributed by atoms with Crippen molar-refractivity contribution in [1.29, 1.82) is 0 Å². The van der Waals surface area contributed by atoms with Gasteiger partial charge in [0, 0.05) is 25.9 Å². The number of ether oxygens (including phenoxy) is 4. The first-order valence-electron chi connectivity index (χ1n) is 10.7. The molecule has 152 valence electrons. The van der Waals surface area contributed by atoms with Crippen molar-refractivity contribution in [3.05, 3.63) is 0 Å². The Bertz CT molecular complexity index is 428. The van der Waals surface area contributed by atoms with Gasteiger partial charge in [0.25, 0.3) is 0 Å². The zero-order valence-corrected chi connectivity index (χ0v) is 17.3. The van der Waals surface area contributed by atoms with E-state index in [9.17, 15) is 0 Å². The Labute approximate surface area is 159 Å². The lowest BCUT2D eigenvalue weighted by Gasteiger charge is -2.42. The number of hydrogen-bond acceptors (Lipinski definition) is 5. The quantitative estimate of drug-likeness (QED) is 0.651. The first-order valence-corrected chi connectivity index (χ1v) is 10.7. The fourth-order valence-corrected chi connectivity index (χ4v) is 4.93. The van der Waals surface area contributed by atoms with E-state index in [-0.39, 0.29) is 18.2 Å². The molecule has 5 heteroatoms. The van der Waals surface area contributed by atoms with Crippen molar-refractivity contribution in [2.45, 2.75) is 83.9 Å². The van der Waals surface area contributed by atoms with Gasteiger partial charge in [0.2, 0.25) is 0 Å². The SMILES string of the molecule is CCCC(C)(C)C1CCC2(CC1)OCC(CCN(C)CC1OCCO1)O2. The fourth-order valence-electron chi connectivity index (χ4n) is 4.93. The van der Waals surface area contributed by atoms with Gasteiger partial charge < -0.3 is 23.8 Å². The van der Waals surface area contributed by atoms with Crippen LogP contribution in [0.25, 0.3) is 0 Å². The molecule has 2 saturated heterocycles. The zero-order valence-electron chi connectivity index (χ0n) is 17.3. The molecule has 0 aromatic carbocycles. The molecule has 3 fully saturated rings.